The molecule has 2 aliphatic carbocycles. The van der Waals surface area contributed by atoms with Crippen molar-refractivity contribution in [2.75, 3.05) is 13.2 Å². The molecule has 0 aliphatic heterocycles. The van der Waals surface area contributed by atoms with E-state index in [1.807, 2.05) is 0 Å². The van der Waals surface area contributed by atoms with Crippen LogP contribution in [-0.4, -0.2) is 18.1 Å². The van der Waals surface area contributed by atoms with Gasteiger partial charge in [-0.05, 0) is 38.5 Å². The van der Waals surface area contributed by atoms with Crippen molar-refractivity contribution in [1.82, 2.24) is 0 Å². The van der Waals surface area contributed by atoms with Crippen molar-refractivity contribution in [3.05, 3.63) is 24.3 Å². The zero-order valence-electron chi connectivity index (χ0n) is 11.2. The molecule has 0 aromatic rings. The first-order valence-electron chi connectivity index (χ1n) is 7.11. The van der Waals surface area contributed by atoms with Crippen LogP contribution in [0.1, 0.15) is 38.5 Å². The Hall–Kier alpha value is -0.410. The van der Waals surface area contributed by atoms with Gasteiger partial charge in [-0.2, -0.15) is 0 Å². The Morgan fingerprint density at radius 3 is 1.84 bits per heavy atom. The zero-order valence-corrected chi connectivity index (χ0v) is 12.1. The molecule has 19 heavy (non-hydrogen) atoms. The van der Waals surface area contributed by atoms with E-state index >= 15 is 0 Å². The standard InChI is InChI=1S/C14H23O4P/c15-19(16,17-11-13-7-3-1-4-8-13)18-12-14-9-5-2-6-10-14/h3,5,7,9,13-14H,1-2,4,6,8,10-12H2,(H,15,16). The van der Waals surface area contributed by atoms with Gasteiger partial charge in [-0.25, -0.2) is 4.57 Å². The van der Waals surface area contributed by atoms with E-state index in [1.54, 1.807) is 0 Å². The molecule has 0 spiro atoms. The van der Waals surface area contributed by atoms with Crippen molar-refractivity contribution < 1.29 is 18.5 Å². The third-order valence-corrected chi connectivity index (χ3v) is 4.56. The Morgan fingerprint density at radius 2 is 1.47 bits per heavy atom. The van der Waals surface area contributed by atoms with E-state index in [1.165, 1.54) is 0 Å². The first-order chi connectivity index (χ1) is 9.16. The second-order valence-corrected chi connectivity index (χ2v) is 6.75. The van der Waals surface area contributed by atoms with E-state index in [4.69, 9.17) is 9.05 Å². The molecule has 2 rings (SSSR count). The molecule has 0 aromatic carbocycles. The highest BCUT2D eigenvalue weighted by molar-refractivity contribution is 7.47. The van der Waals surface area contributed by atoms with Gasteiger partial charge < -0.3 is 4.89 Å². The van der Waals surface area contributed by atoms with Crippen LogP contribution in [0, 0.1) is 11.8 Å². The third kappa shape index (κ3) is 5.62. The van der Waals surface area contributed by atoms with Crippen LogP contribution in [0.25, 0.3) is 0 Å². The molecule has 0 fully saturated rings. The van der Waals surface area contributed by atoms with Gasteiger partial charge in [0.25, 0.3) is 0 Å². The summed E-state index contributed by atoms with van der Waals surface area (Å²) >= 11 is 0. The molecule has 1 N–H and O–H groups in total. The van der Waals surface area contributed by atoms with Crippen LogP contribution in [0.5, 0.6) is 0 Å². The van der Waals surface area contributed by atoms with Gasteiger partial charge in [0.1, 0.15) is 0 Å². The lowest BCUT2D eigenvalue weighted by atomic mass is 9.97. The van der Waals surface area contributed by atoms with Crippen LogP contribution < -0.4 is 0 Å². The summed E-state index contributed by atoms with van der Waals surface area (Å²) in [6.45, 7) is 0.537. The number of phosphoric ester groups is 1. The van der Waals surface area contributed by atoms with E-state index in [0.717, 1.165) is 38.5 Å². The molecule has 0 aromatic heterocycles. The molecule has 0 saturated heterocycles. The molecular weight excluding hydrogens is 263 g/mol. The van der Waals surface area contributed by atoms with E-state index in [-0.39, 0.29) is 25.0 Å². The van der Waals surface area contributed by atoms with Crippen molar-refractivity contribution in [2.24, 2.45) is 11.8 Å². The maximum atomic E-state index is 11.8. The fraction of sp³-hybridized carbons (Fsp3) is 0.714. The summed E-state index contributed by atoms with van der Waals surface area (Å²) in [6.07, 6.45) is 14.8. The first kappa shape index (κ1) is 15.0. The number of rotatable bonds is 6. The van der Waals surface area contributed by atoms with Crippen molar-refractivity contribution >= 4 is 7.82 Å². The minimum atomic E-state index is -3.89. The van der Waals surface area contributed by atoms with Crippen molar-refractivity contribution in [1.29, 1.82) is 0 Å². The van der Waals surface area contributed by atoms with Gasteiger partial charge in [-0.15, -0.1) is 0 Å². The predicted octanol–water partition coefficient (Wildman–Crippen LogP) is 3.83. The molecule has 0 saturated carbocycles. The molecule has 0 amide bonds. The van der Waals surface area contributed by atoms with E-state index in [0.29, 0.717) is 0 Å². The molecule has 4 nitrogen and oxygen atoms in total. The lowest BCUT2D eigenvalue weighted by Gasteiger charge is -2.20. The predicted molar refractivity (Wildman–Crippen MR) is 74.7 cm³/mol. The topological polar surface area (TPSA) is 55.8 Å². The number of allylic oxidation sites excluding steroid dienone is 2. The highest BCUT2D eigenvalue weighted by atomic mass is 31.2. The Kier molecular flexibility index (Phi) is 5.83. The first-order valence-corrected chi connectivity index (χ1v) is 8.60. The Morgan fingerprint density at radius 1 is 1.00 bits per heavy atom. The molecule has 0 heterocycles. The molecule has 0 radical (unpaired) electrons. The maximum absolute atomic E-state index is 11.8. The number of hydrogen-bond acceptors (Lipinski definition) is 3. The summed E-state index contributed by atoms with van der Waals surface area (Å²) in [7, 11) is -3.89. The Labute approximate surface area is 115 Å². The van der Waals surface area contributed by atoms with Crippen LogP contribution >= 0.6 is 7.82 Å². The lowest BCUT2D eigenvalue weighted by molar-refractivity contribution is 0.124. The SMILES string of the molecule is O=P(O)(OCC1C=CCCC1)OCC1C=CCCC1. The van der Waals surface area contributed by atoms with Crippen LogP contribution in [0.4, 0.5) is 0 Å². The van der Waals surface area contributed by atoms with Gasteiger partial charge in [-0.1, -0.05) is 24.3 Å². The molecule has 108 valence electrons. The summed E-state index contributed by atoms with van der Waals surface area (Å²) in [5, 5.41) is 0. The van der Waals surface area contributed by atoms with E-state index in [9.17, 15) is 9.46 Å². The van der Waals surface area contributed by atoms with Crippen molar-refractivity contribution in [2.45, 2.75) is 38.5 Å². The smallest absolute Gasteiger partial charge is 0.302 e. The average molecular weight is 286 g/mol. The number of phosphoric acid groups is 1. The van der Waals surface area contributed by atoms with Crippen LogP contribution in [0.15, 0.2) is 24.3 Å². The minimum absolute atomic E-state index is 0.243. The summed E-state index contributed by atoms with van der Waals surface area (Å²) in [5.41, 5.74) is 0. The molecular formula is C14H23O4P. The average Bonchev–Trinajstić information content (AvgIpc) is 2.46. The van der Waals surface area contributed by atoms with Crippen LogP contribution in [0.2, 0.25) is 0 Å². The monoisotopic (exact) mass is 286 g/mol. The highest BCUT2D eigenvalue weighted by Gasteiger charge is 2.24. The Bertz CT molecular complexity index is 346. The second-order valence-electron chi connectivity index (χ2n) is 5.30. The fourth-order valence-electron chi connectivity index (χ4n) is 2.46. The van der Waals surface area contributed by atoms with Gasteiger partial charge in [0.05, 0.1) is 13.2 Å². The van der Waals surface area contributed by atoms with Gasteiger partial charge >= 0.3 is 7.82 Å². The summed E-state index contributed by atoms with van der Waals surface area (Å²) in [5.74, 6) is 0.486. The van der Waals surface area contributed by atoms with Crippen molar-refractivity contribution in [3.8, 4) is 0 Å². The molecule has 2 aliphatic rings. The summed E-state index contributed by atoms with van der Waals surface area (Å²) < 4.78 is 21.9. The highest BCUT2D eigenvalue weighted by Crippen LogP contribution is 2.44. The Balaban J connectivity index is 1.70. The van der Waals surface area contributed by atoms with Crippen molar-refractivity contribution in [3.63, 3.8) is 0 Å². The molecule has 2 unspecified atom stereocenters. The third-order valence-electron chi connectivity index (χ3n) is 3.61. The number of hydrogen-bond donors (Lipinski definition) is 1. The van der Waals surface area contributed by atoms with E-state index in [2.05, 4.69) is 24.3 Å². The van der Waals surface area contributed by atoms with Gasteiger partial charge in [0.15, 0.2) is 0 Å². The fourth-order valence-corrected chi connectivity index (χ4v) is 3.29. The zero-order chi connectivity index (χ0) is 13.6. The van der Waals surface area contributed by atoms with Gasteiger partial charge in [0.2, 0.25) is 0 Å². The molecule has 0 bridgehead atoms. The summed E-state index contributed by atoms with van der Waals surface area (Å²) in [4.78, 5) is 9.64. The second kappa shape index (κ2) is 7.39. The van der Waals surface area contributed by atoms with E-state index < -0.39 is 7.82 Å². The molecule has 2 atom stereocenters. The quantitative estimate of drug-likeness (QED) is 0.595. The normalized spacial score (nSPS) is 30.2. The maximum Gasteiger partial charge on any atom is 0.472 e. The summed E-state index contributed by atoms with van der Waals surface area (Å²) in [6, 6.07) is 0. The lowest BCUT2D eigenvalue weighted by Crippen LogP contribution is -2.12. The van der Waals surface area contributed by atoms with Gasteiger partial charge in [0, 0.05) is 11.8 Å². The van der Waals surface area contributed by atoms with Crippen LogP contribution in [-0.2, 0) is 13.6 Å². The minimum Gasteiger partial charge on any atom is -0.302 e. The molecule has 5 heteroatoms. The van der Waals surface area contributed by atoms with Crippen LogP contribution in [0.3, 0.4) is 0 Å². The van der Waals surface area contributed by atoms with Gasteiger partial charge in [-0.3, -0.25) is 9.05 Å². The largest absolute Gasteiger partial charge is 0.472 e.